The Hall–Kier alpha value is -1.40. The lowest BCUT2D eigenvalue weighted by Crippen LogP contribution is -2.53. The third-order valence-corrected chi connectivity index (χ3v) is 5.70. The molecule has 3 unspecified atom stereocenters. The van der Waals surface area contributed by atoms with Crippen molar-refractivity contribution in [2.45, 2.75) is 56.8 Å². The third kappa shape index (κ3) is 3.81. The molecule has 0 aromatic heterocycles. The van der Waals surface area contributed by atoms with Crippen molar-refractivity contribution < 1.29 is 9.59 Å². The first-order valence-corrected chi connectivity index (χ1v) is 9.32. The van der Waals surface area contributed by atoms with E-state index in [0.717, 1.165) is 17.3 Å². The number of likely N-dealkylation sites (N-methyl/N-ethyl adjacent to an activating group) is 1. The van der Waals surface area contributed by atoms with Crippen LogP contribution in [0.25, 0.3) is 0 Å². The molecular formula is C18H24BrN3O2. The van der Waals surface area contributed by atoms with Gasteiger partial charge in [0.25, 0.3) is 5.91 Å². The van der Waals surface area contributed by atoms with E-state index in [1.165, 1.54) is 12.8 Å². The average Bonchev–Trinajstić information content (AvgIpc) is 2.91. The summed E-state index contributed by atoms with van der Waals surface area (Å²) in [5.74, 6) is -0.242. The predicted octanol–water partition coefficient (Wildman–Crippen LogP) is 2.31. The number of carbonyl (C=O) groups is 2. The minimum atomic E-state index is -0.529. The van der Waals surface area contributed by atoms with Crippen molar-refractivity contribution in [1.82, 2.24) is 15.5 Å². The SMILES string of the molecule is CC(NC(=O)c1ccc(Br)cc1)C(=O)N(C)C1CC2CCC(C1)N2. The summed E-state index contributed by atoms with van der Waals surface area (Å²) in [4.78, 5) is 26.8. The van der Waals surface area contributed by atoms with E-state index in [1.54, 1.807) is 19.1 Å². The number of fused-ring (bicyclic) bond motifs is 2. The highest BCUT2D eigenvalue weighted by Gasteiger charge is 2.37. The zero-order chi connectivity index (χ0) is 17.3. The molecule has 2 aliphatic heterocycles. The van der Waals surface area contributed by atoms with Crippen LogP contribution in [0.4, 0.5) is 0 Å². The maximum Gasteiger partial charge on any atom is 0.251 e. The molecule has 2 amide bonds. The van der Waals surface area contributed by atoms with Crippen molar-refractivity contribution in [3.8, 4) is 0 Å². The number of rotatable bonds is 4. The van der Waals surface area contributed by atoms with Crippen LogP contribution in [-0.2, 0) is 4.79 Å². The molecule has 0 radical (unpaired) electrons. The molecule has 0 saturated carbocycles. The van der Waals surface area contributed by atoms with Gasteiger partial charge in [-0.05, 0) is 56.9 Å². The second-order valence-corrected chi connectivity index (χ2v) is 7.83. The van der Waals surface area contributed by atoms with Crippen LogP contribution < -0.4 is 10.6 Å². The summed E-state index contributed by atoms with van der Waals surface area (Å²) in [6, 6.07) is 7.93. The van der Waals surface area contributed by atoms with Gasteiger partial charge in [0.05, 0.1) is 0 Å². The zero-order valence-electron chi connectivity index (χ0n) is 14.1. The van der Waals surface area contributed by atoms with Crippen molar-refractivity contribution in [2.75, 3.05) is 7.05 Å². The molecule has 24 heavy (non-hydrogen) atoms. The van der Waals surface area contributed by atoms with Gasteiger partial charge in [0.15, 0.2) is 0 Å². The number of nitrogens with zero attached hydrogens (tertiary/aromatic N) is 1. The smallest absolute Gasteiger partial charge is 0.251 e. The quantitative estimate of drug-likeness (QED) is 0.824. The number of halogens is 1. The van der Waals surface area contributed by atoms with Crippen LogP contribution in [0.1, 0.15) is 43.0 Å². The summed E-state index contributed by atoms with van der Waals surface area (Å²) in [7, 11) is 1.86. The highest BCUT2D eigenvalue weighted by molar-refractivity contribution is 9.10. The van der Waals surface area contributed by atoms with Crippen molar-refractivity contribution in [3.63, 3.8) is 0 Å². The molecule has 130 valence electrons. The highest BCUT2D eigenvalue weighted by atomic mass is 79.9. The standard InChI is InChI=1S/C18H24BrN3O2/c1-11(20-17(23)12-3-5-13(19)6-4-12)18(24)22(2)16-9-14-7-8-15(10-16)21-14/h3-6,11,14-16,21H,7-10H2,1-2H3,(H,20,23). The fraction of sp³-hybridized carbons (Fsp3) is 0.556. The number of nitrogens with one attached hydrogen (secondary N) is 2. The molecule has 0 spiro atoms. The average molecular weight is 394 g/mol. The molecule has 3 atom stereocenters. The molecule has 1 aromatic carbocycles. The van der Waals surface area contributed by atoms with Crippen LogP contribution in [0, 0.1) is 0 Å². The number of benzene rings is 1. The Morgan fingerprint density at radius 3 is 2.38 bits per heavy atom. The molecule has 2 aliphatic rings. The van der Waals surface area contributed by atoms with E-state index >= 15 is 0 Å². The number of piperidine rings is 1. The first-order chi connectivity index (χ1) is 11.4. The van der Waals surface area contributed by atoms with E-state index in [-0.39, 0.29) is 17.9 Å². The molecule has 0 aliphatic carbocycles. The van der Waals surface area contributed by atoms with Crippen LogP contribution >= 0.6 is 15.9 Å². The van der Waals surface area contributed by atoms with E-state index in [4.69, 9.17) is 0 Å². The van der Waals surface area contributed by atoms with Gasteiger partial charge in [0.2, 0.25) is 5.91 Å². The van der Waals surface area contributed by atoms with Gasteiger partial charge in [-0.2, -0.15) is 0 Å². The molecule has 2 bridgehead atoms. The molecule has 2 N–H and O–H groups in total. The summed E-state index contributed by atoms with van der Waals surface area (Å²) < 4.78 is 0.920. The summed E-state index contributed by atoms with van der Waals surface area (Å²) >= 11 is 3.35. The summed E-state index contributed by atoms with van der Waals surface area (Å²) in [6.45, 7) is 1.76. The Balaban J connectivity index is 1.57. The predicted molar refractivity (Wildman–Crippen MR) is 96.8 cm³/mol. The van der Waals surface area contributed by atoms with Crippen LogP contribution in [0.2, 0.25) is 0 Å². The lowest BCUT2D eigenvalue weighted by molar-refractivity contribution is -0.134. The fourth-order valence-corrected chi connectivity index (χ4v) is 4.04. The Morgan fingerprint density at radius 2 is 1.79 bits per heavy atom. The van der Waals surface area contributed by atoms with E-state index in [1.807, 2.05) is 24.1 Å². The lowest BCUT2D eigenvalue weighted by Gasteiger charge is -2.36. The highest BCUT2D eigenvalue weighted by Crippen LogP contribution is 2.29. The van der Waals surface area contributed by atoms with E-state index in [0.29, 0.717) is 17.6 Å². The summed E-state index contributed by atoms with van der Waals surface area (Å²) in [5.41, 5.74) is 0.556. The summed E-state index contributed by atoms with van der Waals surface area (Å²) in [6.07, 6.45) is 4.43. The maximum atomic E-state index is 12.7. The fourth-order valence-electron chi connectivity index (χ4n) is 3.77. The largest absolute Gasteiger partial charge is 0.341 e. The first-order valence-electron chi connectivity index (χ1n) is 8.53. The lowest BCUT2D eigenvalue weighted by atomic mass is 9.98. The topological polar surface area (TPSA) is 61.4 Å². The minimum absolute atomic E-state index is 0.0215. The van der Waals surface area contributed by atoms with Crippen LogP contribution in [-0.4, -0.2) is 47.9 Å². The minimum Gasteiger partial charge on any atom is -0.341 e. The first kappa shape index (κ1) is 17.4. The third-order valence-electron chi connectivity index (χ3n) is 5.17. The number of hydrogen-bond acceptors (Lipinski definition) is 3. The van der Waals surface area contributed by atoms with Crippen molar-refractivity contribution in [2.24, 2.45) is 0 Å². The molecule has 2 saturated heterocycles. The summed E-state index contributed by atoms with van der Waals surface area (Å²) in [5, 5.41) is 6.40. The molecule has 6 heteroatoms. The second-order valence-electron chi connectivity index (χ2n) is 6.91. The van der Waals surface area contributed by atoms with E-state index < -0.39 is 6.04 Å². The van der Waals surface area contributed by atoms with E-state index in [2.05, 4.69) is 26.6 Å². The van der Waals surface area contributed by atoms with Crippen LogP contribution in [0.3, 0.4) is 0 Å². The Bertz CT molecular complexity index is 607. The van der Waals surface area contributed by atoms with Gasteiger partial charge in [-0.1, -0.05) is 15.9 Å². The molecule has 1 aromatic rings. The van der Waals surface area contributed by atoms with E-state index in [9.17, 15) is 9.59 Å². The van der Waals surface area contributed by atoms with Crippen LogP contribution in [0.15, 0.2) is 28.7 Å². The molecular weight excluding hydrogens is 370 g/mol. The number of hydrogen-bond donors (Lipinski definition) is 2. The van der Waals surface area contributed by atoms with Gasteiger partial charge in [0.1, 0.15) is 6.04 Å². The Labute approximate surface area is 151 Å². The number of carbonyl (C=O) groups excluding carboxylic acids is 2. The molecule has 5 nitrogen and oxygen atoms in total. The molecule has 2 fully saturated rings. The zero-order valence-corrected chi connectivity index (χ0v) is 15.7. The maximum absolute atomic E-state index is 12.7. The van der Waals surface area contributed by atoms with Gasteiger partial charge >= 0.3 is 0 Å². The van der Waals surface area contributed by atoms with Gasteiger partial charge in [0, 0.05) is 35.2 Å². The number of amides is 2. The molecule has 2 heterocycles. The van der Waals surface area contributed by atoms with Crippen molar-refractivity contribution in [1.29, 1.82) is 0 Å². The van der Waals surface area contributed by atoms with Gasteiger partial charge < -0.3 is 15.5 Å². The van der Waals surface area contributed by atoms with Gasteiger partial charge in [-0.15, -0.1) is 0 Å². The monoisotopic (exact) mass is 393 g/mol. The van der Waals surface area contributed by atoms with Crippen molar-refractivity contribution in [3.05, 3.63) is 34.3 Å². The van der Waals surface area contributed by atoms with Crippen molar-refractivity contribution >= 4 is 27.7 Å². The van der Waals surface area contributed by atoms with Gasteiger partial charge in [-0.25, -0.2) is 0 Å². The Kier molecular flexibility index (Phi) is 5.25. The van der Waals surface area contributed by atoms with Gasteiger partial charge in [-0.3, -0.25) is 9.59 Å². The normalized spacial score (nSPS) is 26.7. The molecule has 3 rings (SSSR count). The van der Waals surface area contributed by atoms with Crippen LogP contribution in [0.5, 0.6) is 0 Å². The second kappa shape index (κ2) is 7.23. The Morgan fingerprint density at radius 1 is 1.21 bits per heavy atom.